The number of Topliss-reactive ketones (excluding diaryl/α,β-unsaturated/α-hetero) is 1. The molecule has 1 aliphatic heterocycles. The minimum atomic E-state index is -2.12. The number of nitrogens with zero attached hydrogens (tertiary/aromatic N) is 4. The SMILES string of the molecule is CN(C)C1=C2C[C@H]3C[C@H]4[C@H](N(C)C)C(=O)C(C(N)=O)=C(O)[C@@]4(O)C4=C3C(=C2C(=O)C=C1)N=N4. The molecule has 0 unspecified atom stereocenters. The van der Waals surface area contributed by atoms with Crippen molar-refractivity contribution in [2.24, 2.45) is 27.8 Å². The molecule has 0 aromatic heterocycles. The standard InChI is InChI=1S/C23H25N5O5/c1-27(2)12-5-6-13(29)15-10(12)7-9-8-11-18(28(3)4)19(30)16(22(24)32)21(31)23(11,33)20-14(9)17(15)25-26-20/h5-6,9,11,18,31,33H,7-8H2,1-4H3,(H2,24,32)/t9-,11-,18-,23-/m0/s1. The Morgan fingerprint density at radius 3 is 2.48 bits per heavy atom. The van der Waals surface area contributed by atoms with Crippen LogP contribution in [0.3, 0.4) is 0 Å². The van der Waals surface area contributed by atoms with Crippen molar-refractivity contribution in [3.8, 4) is 0 Å². The molecule has 0 spiro atoms. The van der Waals surface area contributed by atoms with Crippen LogP contribution in [0.15, 0.2) is 67.5 Å². The maximum atomic E-state index is 13.2. The quantitative estimate of drug-likeness (QED) is 0.529. The number of hydrogen-bond donors (Lipinski definition) is 3. The van der Waals surface area contributed by atoms with E-state index in [1.54, 1.807) is 25.1 Å². The Morgan fingerprint density at radius 2 is 1.88 bits per heavy atom. The number of allylic oxidation sites excluding steroid dienone is 5. The van der Waals surface area contributed by atoms with Gasteiger partial charge in [-0.15, -0.1) is 5.11 Å². The first-order valence-electron chi connectivity index (χ1n) is 10.7. The van der Waals surface area contributed by atoms with Crippen molar-refractivity contribution in [3.63, 3.8) is 0 Å². The Balaban J connectivity index is 1.81. The van der Waals surface area contributed by atoms with Crippen molar-refractivity contribution in [3.05, 3.63) is 57.3 Å². The van der Waals surface area contributed by atoms with E-state index in [2.05, 4.69) is 10.2 Å². The number of amides is 1. The smallest absolute Gasteiger partial charge is 0.255 e. The summed E-state index contributed by atoms with van der Waals surface area (Å²) in [5, 5.41) is 31.4. The highest BCUT2D eigenvalue weighted by atomic mass is 16.3. The second-order valence-corrected chi connectivity index (χ2v) is 9.51. The molecule has 1 heterocycles. The molecule has 10 nitrogen and oxygen atoms in total. The van der Waals surface area contributed by atoms with Crippen LogP contribution in [0.4, 0.5) is 0 Å². The van der Waals surface area contributed by atoms with Crippen LogP contribution in [0.1, 0.15) is 12.8 Å². The molecular formula is C23H25N5O5. The molecule has 5 rings (SSSR count). The Morgan fingerprint density at radius 1 is 1.18 bits per heavy atom. The van der Waals surface area contributed by atoms with Crippen LogP contribution in [0, 0.1) is 11.8 Å². The van der Waals surface area contributed by atoms with Gasteiger partial charge in [-0.1, -0.05) is 0 Å². The highest BCUT2D eigenvalue weighted by Crippen LogP contribution is 2.58. The topological polar surface area (TPSA) is 149 Å². The molecule has 0 saturated heterocycles. The fourth-order valence-electron chi connectivity index (χ4n) is 5.99. The lowest BCUT2D eigenvalue weighted by Gasteiger charge is -2.50. The molecule has 0 fully saturated rings. The zero-order chi connectivity index (χ0) is 24.0. The van der Waals surface area contributed by atoms with Gasteiger partial charge >= 0.3 is 0 Å². The number of ketones is 2. The van der Waals surface area contributed by atoms with Gasteiger partial charge in [0.1, 0.15) is 22.7 Å². The van der Waals surface area contributed by atoms with Gasteiger partial charge in [0.2, 0.25) is 0 Å². The molecule has 4 N–H and O–H groups in total. The zero-order valence-electron chi connectivity index (χ0n) is 18.8. The van der Waals surface area contributed by atoms with E-state index in [1.807, 2.05) is 19.0 Å². The largest absolute Gasteiger partial charge is 0.508 e. The molecule has 0 bridgehead atoms. The first-order chi connectivity index (χ1) is 15.5. The van der Waals surface area contributed by atoms with Gasteiger partial charge in [-0.25, -0.2) is 0 Å². The van der Waals surface area contributed by atoms with Crippen LogP contribution in [0.2, 0.25) is 0 Å². The average molecular weight is 451 g/mol. The maximum Gasteiger partial charge on any atom is 0.255 e. The summed E-state index contributed by atoms with van der Waals surface area (Å²) in [6, 6.07) is -0.901. The molecule has 0 aromatic carbocycles. The summed E-state index contributed by atoms with van der Waals surface area (Å²) in [6.45, 7) is 0. The van der Waals surface area contributed by atoms with Gasteiger partial charge in [-0.3, -0.25) is 19.3 Å². The van der Waals surface area contributed by atoms with Crippen LogP contribution in [-0.4, -0.2) is 77.3 Å². The Hall–Kier alpha value is -3.37. The summed E-state index contributed by atoms with van der Waals surface area (Å²) in [5.41, 5.74) is 5.88. The van der Waals surface area contributed by atoms with Gasteiger partial charge in [0, 0.05) is 31.3 Å². The van der Waals surface area contributed by atoms with Gasteiger partial charge in [0.05, 0.1) is 11.6 Å². The van der Waals surface area contributed by atoms with Crippen molar-refractivity contribution in [2.45, 2.75) is 24.5 Å². The summed E-state index contributed by atoms with van der Waals surface area (Å²) in [7, 11) is 7.14. The first-order valence-corrected chi connectivity index (χ1v) is 10.7. The lowest BCUT2D eigenvalue weighted by Crippen LogP contribution is -2.62. The first kappa shape index (κ1) is 21.5. The summed E-state index contributed by atoms with van der Waals surface area (Å²) >= 11 is 0. The lowest BCUT2D eigenvalue weighted by molar-refractivity contribution is -0.134. The average Bonchev–Trinajstić information content (AvgIpc) is 3.17. The number of carbonyl (C=O) groups excluding carboxylic acids is 3. The lowest BCUT2D eigenvalue weighted by atomic mass is 9.58. The van der Waals surface area contributed by atoms with Crippen molar-refractivity contribution in [2.75, 3.05) is 28.2 Å². The van der Waals surface area contributed by atoms with Gasteiger partial charge in [0.15, 0.2) is 17.2 Å². The molecule has 4 atom stereocenters. The van der Waals surface area contributed by atoms with Crippen LogP contribution >= 0.6 is 0 Å². The highest BCUT2D eigenvalue weighted by molar-refractivity contribution is 6.22. The molecule has 0 aromatic rings. The van der Waals surface area contributed by atoms with Gasteiger partial charge < -0.3 is 20.8 Å². The van der Waals surface area contributed by atoms with Crippen LogP contribution in [0.25, 0.3) is 0 Å². The minimum Gasteiger partial charge on any atom is -0.508 e. The predicted octanol–water partition coefficient (Wildman–Crippen LogP) is 0.496. The maximum absolute atomic E-state index is 13.2. The Bertz CT molecular complexity index is 1230. The van der Waals surface area contributed by atoms with Crippen molar-refractivity contribution < 1.29 is 24.6 Å². The fraction of sp³-hybridized carbons (Fsp3) is 0.435. The van der Waals surface area contributed by atoms with E-state index in [9.17, 15) is 24.6 Å². The molecule has 4 aliphatic carbocycles. The minimum absolute atomic E-state index is 0.0784. The van der Waals surface area contributed by atoms with Crippen LogP contribution in [-0.2, 0) is 14.4 Å². The fourth-order valence-corrected chi connectivity index (χ4v) is 5.99. The molecule has 0 radical (unpaired) electrons. The summed E-state index contributed by atoms with van der Waals surface area (Å²) in [4.78, 5) is 41.7. The van der Waals surface area contributed by atoms with E-state index in [0.29, 0.717) is 29.7 Å². The number of aliphatic hydroxyl groups is 2. The number of nitrogens with two attached hydrogens (primary N) is 1. The van der Waals surface area contributed by atoms with E-state index in [-0.39, 0.29) is 17.4 Å². The van der Waals surface area contributed by atoms with E-state index < -0.39 is 40.6 Å². The van der Waals surface area contributed by atoms with Crippen molar-refractivity contribution in [1.29, 1.82) is 0 Å². The number of carbonyl (C=O) groups is 3. The molecular weight excluding hydrogens is 426 g/mol. The molecule has 33 heavy (non-hydrogen) atoms. The third kappa shape index (κ3) is 2.58. The van der Waals surface area contributed by atoms with Gasteiger partial charge in [0.25, 0.3) is 5.91 Å². The number of rotatable bonds is 3. The van der Waals surface area contributed by atoms with E-state index >= 15 is 0 Å². The van der Waals surface area contributed by atoms with Crippen LogP contribution < -0.4 is 5.73 Å². The third-order valence-electron chi connectivity index (χ3n) is 7.32. The van der Waals surface area contributed by atoms with Crippen molar-refractivity contribution >= 4 is 17.5 Å². The number of azo groups is 1. The number of fused-ring (bicyclic) bond motifs is 3. The zero-order valence-corrected chi connectivity index (χ0v) is 18.8. The number of hydrogen-bond acceptors (Lipinski definition) is 9. The monoisotopic (exact) mass is 451 g/mol. The molecule has 0 saturated carbocycles. The molecule has 1 amide bonds. The van der Waals surface area contributed by atoms with E-state index in [4.69, 9.17) is 5.73 Å². The summed E-state index contributed by atoms with van der Waals surface area (Å²) < 4.78 is 0. The van der Waals surface area contributed by atoms with Gasteiger partial charge in [-0.2, -0.15) is 5.11 Å². The summed E-state index contributed by atoms with van der Waals surface area (Å²) in [5.74, 6) is -3.70. The predicted molar refractivity (Wildman–Crippen MR) is 116 cm³/mol. The number of aliphatic hydroxyl groups excluding tert-OH is 1. The number of likely N-dealkylation sites (N-methyl/N-ethyl adjacent to an activating group) is 2. The van der Waals surface area contributed by atoms with Crippen molar-refractivity contribution in [1.82, 2.24) is 9.80 Å². The number of primary amides is 1. The second kappa shape index (κ2) is 6.82. The van der Waals surface area contributed by atoms with E-state index in [0.717, 1.165) is 11.3 Å². The normalized spacial score (nSPS) is 32.6. The summed E-state index contributed by atoms with van der Waals surface area (Å²) in [6.07, 6.45) is 4.09. The third-order valence-corrected chi connectivity index (χ3v) is 7.32. The molecule has 10 heteroatoms. The van der Waals surface area contributed by atoms with Crippen LogP contribution in [0.5, 0.6) is 0 Å². The molecule has 172 valence electrons. The molecule has 5 aliphatic rings. The van der Waals surface area contributed by atoms with E-state index in [1.165, 1.54) is 6.08 Å². The second-order valence-electron chi connectivity index (χ2n) is 9.51. The highest BCUT2D eigenvalue weighted by Gasteiger charge is 2.63. The van der Waals surface area contributed by atoms with Gasteiger partial charge in [-0.05, 0) is 50.6 Å². The Kier molecular flexibility index (Phi) is 4.44. The Labute approximate surface area is 190 Å².